The predicted molar refractivity (Wildman–Crippen MR) is 243 cm³/mol. The van der Waals surface area contributed by atoms with Gasteiger partial charge >= 0.3 is 12.1 Å². The number of halogens is 4. The molecule has 0 aliphatic heterocycles. The van der Waals surface area contributed by atoms with Crippen LogP contribution in [-0.4, -0.2) is 33.8 Å². The molecule has 14 nitrogen and oxygen atoms in total. The SMILES string of the molecule is CC(=O)Nc1cc(COc2ccc(NC(=O)Nc3cc(C4CC4CC(=O)Nc4cc(COc5ccc(NC(=O)Nc6cc(C7(C)CC7)ccc6F)c(F)c5)ccn4)ccc3F)c(F)c2)ccn1. The number of benzene rings is 4. The Kier molecular flexibility index (Phi) is 13.3. The van der Waals surface area contributed by atoms with Crippen LogP contribution in [0.3, 0.4) is 0 Å². The summed E-state index contributed by atoms with van der Waals surface area (Å²) in [6, 6.07) is 21.5. The second-order valence-electron chi connectivity index (χ2n) is 16.6. The molecule has 4 aromatic carbocycles. The number of hydrogen-bond acceptors (Lipinski definition) is 8. The number of nitrogens with one attached hydrogen (secondary N) is 6. The van der Waals surface area contributed by atoms with Crippen molar-refractivity contribution in [2.45, 2.75) is 64.1 Å². The summed E-state index contributed by atoms with van der Waals surface area (Å²) in [5, 5.41) is 15.0. The molecule has 2 aliphatic carbocycles. The second-order valence-corrected chi connectivity index (χ2v) is 16.6. The van der Waals surface area contributed by atoms with Gasteiger partial charge < -0.3 is 41.4 Å². The van der Waals surface area contributed by atoms with Crippen LogP contribution < -0.4 is 41.4 Å². The third kappa shape index (κ3) is 12.0. The molecule has 344 valence electrons. The van der Waals surface area contributed by atoms with Crippen LogP contribution in [0.5, 0.6) is 11.5 Å². The number of rotatable bonds is 16. The fourth-order valence-electron chi connectivity index (χ4n) is 7.36. The molecule has 2 unspecified atom stereocenters. The van der Waals surface area contributed by atoms with Gasteiger partial charge in [-0.15, -0.1) is 0 Å². The average molecular weight is 917 g/mol. The van der Waals surface area contributed by atoms with Crippen LogP contribution in [0.15, 0.2) is 109 Å². The van der Waals surface area contributed by atoms with E-state index < -0.39 is 35.3 Å². The van der Waals surface area contributed by atoms with Gasteiger partial charge in [0.1, 0.15) is 59.6 Å². The Labute approximate surface area is 381 Å². The number of anilines is 6. The van der Waals surface area contributed by atoms with Crippen molar-refractivity contribution in [1.82, 2.24) is 9.97 Å². The zero-order chi connectivity index (χ0) is 47.2. The van der Waals surface area contributed by atoms with Crippen molar-refractivity contribution in [3.63, 3.8) is 0 Å². The van der Waals surface area contributed by atoms with E-state index in [1.807, 2.05) is 0 Å². The molecule has 2 aromatic heterocycles. The van der Waals surface area contributed by atoms with Crippen LogP contribution in [0.1, 0.15) is 67.7 Å². The monoisotopic (exact) mass is 916 g/mol. The lowest BCUT2D eigenvalue weighted by atomic mass is 9.98. The number of amides is 6. The third-order valence-corrected chi connectivity index (χ3v) is 11.4. The first-order chi connectivity index (χ1) is 32.2. The van der Waals surface area contributed by atoms with E-state index in [4.69, 9.17) is 9.47 Å². The van der Waals surface area contributed by atoms with Crippen molar-refractivity contribution in [3.05, 3.63) is 155 Å². The highest BCUT2D eigenvalue weighted by atomic mass is 19.1. The minimum Gasteiger partial charge on any atom is -0.489 e. The number of nitrogens with zero attached hydrogens (tertiary/aromatic N) is 2. The largest absolute Gasteiger partial charge is 0.489 e. The molecule has 0 saturated heterocycles. The van der Waals surface area contributed by atoms with Gasteiger partial charge in [-0.25, -0.2) is 37.1 Å². The summed E-state index contributed by atoms with van der Waals surface area (Å²) in [5.41, 5.74) is 2.47. The lowest BCUT2D eigenvalue weighted by molar-refractivity contribution is -0.116. The highest BCUT2D eigenvalue weighted by Gasteiger charge is 2.40. The van der Waals surface area contributed by atoms with E-state index in [1.165, 1.54) is 61.8 Å². The summed E-state index contributed by atoms with van der Waals surface area (Å²) < 4.78 is 70.6. The summed E-state index contributed by atoms with van der Waals surface area (Å²) in [7, 11) is 0. The maximum Gasteiger partial charge on any atom is 0.323 e. The van der Waals surface area contributed by atoms with Crippen LogP contribution in [-0.2, 0) is 28.2 Å². The maximum atomic E-state index is 15.0. The van der Waals surface area contributed by atoms with Crippen molar-refractivity contribution in [2.75, 3.05) is 31.9 Å². The van der Waals surface area contributed by atoms with Crippen LogP contribution in [0.2, 0.25) is 0 Å². The Balaban J connectivity index is 0.777. The number of pyridine rings is 2. The zero-order valence-electron chi connectivity index (χ0n) is 36.1. The fourth-order valence-corrected chi connectivity index (χ4v) is 7.36. The molecule has 2 saturated carbocycles. The van der Waals surface area contributed by atoms with E-state index in [9.17, 15) is 36.7 Å². The van der Waals surface area contributed by atoms with Crippen molar-refractivity contribution in [2.24, 2.45) is 5.92 Å². The van der Waals surface area contributed by atoms with Gasteiger partial charge in [0.25, 0.3) is 0 Å². The van der Waals surface area contributed by atoms with Gasteiger partial charge in [0.15, 0.2) is 0 Å². The van der Waals surface area contributed by atoms with Crippen LogP contribution in [0.4, 0.5) is 61.5 Å². The molecular weight excluding hydrogens is 873 g/mol. The lowest BCUT2D eigenvalue weighted by Crippen LogP contribution is -2.21. The molecule has 6 amide bonds. The first-order valence-corrected chi connectivity index (χ1v) is 21.2. The molecule has 6 N–H and O–H groups in total. The molecule has 6 aromatic rings. The van der Waals surface area contributed by atoms with E-state index in [0.717, 1.165) is 30.5 Å². The van der Waals surface area contributed by atoms with Crippen molar-refractivity contribution < 1.29 is 46.2 Å². The van der Waals surface area contributed by atoms with Gasteiger partial charge in [-0.1, -0.05) is 19.1 Å². The number of ether oxygens (including phenoxy) is 2. The lowest BCUT2D eigenvalue weighted by Gasteiger charge is -2.14. The fraction of sp³-hybridized carbons (Fsp3) is 0.224. The zero-order valence-corrected chi connectivity index (χ0v) is 36.1. The van der Waals surface area contributed by atoms with E-state index in [-0.39, 0.29) is 88.8 Å². The van der Waals surface area contributed by atoms with Crippen molar-refractivity contribution in [3.8, 4) is 11.5 Å². The molecule has 67 heavy (non-hydrogen) atoms. The molecule has 2 atom stereocenters. The summed E-state index contributed by atoms with van der Waals surface area (Å²) in [6.07, 6.45) is 5.73. The van der Waals surface area contributed by atoms with Gasteiger partial charge in [-0.2, -0.15) is 0 Å². The number of urea groups is 2. The summed E-state index contributed by atoms with van der Waals surface area (Å²) in [4.78, 5) is 58.0. The Morgan fingerprint density at radius 1 is 0.597 bits per heavy atom. The summed E-state index contributed by atoms with van der Waals surface area (Å²) >= 11 is 0. The smallest absolute Gasteiger partial charge is 0.323 e. The molecule has 2 fully saturated rings. The Bertz CT molecular complexity index is 2880. The summed E-state index contributed by atoms with van der Waals surface area (Å²) in [6.45, 7) is 3.49. The quantitative estimate of drug-likeness (QED) is 0.0518. The number of carbonyl (C=O) groups excluding carboxylic acids is 4. The van der Waals surface area contributed by atoms with Crippen LogP contribution in [0.25, 0.3) is 0 Å². The third-order valence-electron chi connectivity index (χ3n) is 11.4. The second kappa shape index (κ2) is 19.6. The standard InChI is InChI=1S/C49H44F4N8O6/c1-27(62)56-44-17-28(11-15-54-44)25-66-33-5-9-40(38(52)23-33)57-47(64)59-42-20-30(3-7-36(42)50)35-19-31(35)21-46(63)61-45-18-29(12-16-55-45)26-67-34-6-10-41(39(53)24-34)58-48(65)60-43-22-32(4-8-37(43)51)49(2)13-14-49/h3-12,15-18,20,22-24,31,35H,13-14,19,21,25-26H2,1-2H3,(H,54,56,62)(H,55,61,63)(H2,57,59,64)(H2,58,60,65). The molecule has 2 aliphatic rings. The maximum absolute atomic E-state index is 15.0. The Morgan fingerprint density at radius 3 is 1.66 bits per heavy atom. The van der Waals surface area contributed by atoms with Gasteiger partial charge in [0.05, 0.1) is 22.7 Å². The van der Waals surface area contributed by atoms with Crippen molar-refractivity contribution in [1.29, 1.82) is 0 Å². The molecular formula is C49H44F4N8O6. The van der Waals surface area contributed by atoms with Gasteiger partial charge in [-0.05, 0) is 132 Å². The normalized spacial score (nSPS) is 15.4. The topological polar surface area (TPSA) is 185 Å². The molecule has 8 rings (SSSR count). The first kappa shape index (κ1) is 45.5. The van der Waals surface area contributed by atoms with Gasteiger partial charge in [-0.3, -0.25) is 9.59 Å². The molecule has 2 heterocycles. The molecule has 0 radical (unpaired) electrons. The Hall–Kier alpha value is -8.02. The van der Waals surface area contributed by atoms with Crippen molar-refractivity contribution >= 4 is 58.3 Å². The van der Waals surface area contributed by atoms with Gasteiger partial charge in [0, 0.05) is 37.9 Å². The average Bonchev–Trinajstić information content (AvgIpc) is 4.23. The minimum atomic E-state index is -0.878. The predicted octanol–water partition coefficient (Wildman–Crippen LogP) is 10.6. The van der Waals surface area contributed by atoms with Crippen LogP contribution >= 0.6 is 0 Å². The highest BCUT2D eigenvalue weighted by Crippen LogP contribution is 2.50. The summed E-state index contributed by atoms with van der Waals surface area (Å²) in [5.74, 6) is -2.62. The molecule has 18 heteroatoms. The first-order valence-electron chi connectivity index (χ1n) is 21.2. The van der Waals surface area contributed by atoms with Crippen LogP contribution in [0, 0.1) is 29.2 Å². The van der Waals surface area contributed by atoms with Gasteiger partial charge in [0.2, 0.25) is 11.8 Å². The Morgan fingerprint density at radius 2 is 1.12 bits per heavy atom. The molecule has 0 spiro atoms. The number of aromatic nitrogens is 2. The minimum absolute atomic E-state index is 0.000291. The molecule has 0 bridgehead atoms. The number of hydrogen-bond donors (Lipinski definition) is 6. The van der Waals surface area contributed by atoms with E-state index in [0.29, 0.717) is 28.9 Å². The van der Waals surface area contributed by atoms with E-state index >= 15 is 0 Å². The van der Waals surface area contributed by atoms with E-state index in [2.05, 4.69) is 48.8 Å². The number of carbonyl (C=O) groups is 4. The highest BCUT2D eigenvalue weighted by molar-refractivity contribution is 6.01. The van der Waals surface area contributed by atoms with E-state index in [1.54, 1.807) is 42.5 Å².